The fraction of sp³-hybridized carbons (Fsp3) is 0.562. The number of piperidine rings is 1. The predicted molar refractivity (Wildman–Crippen MR) is 99.3 cm³/mol. The van der Waals surface area contributed by atoms with E-state index in [4.69, 9.17) is 4.74 Å². The number of aromatic nitrogens is 4. The summed E-state index contributed by atoms with van der Waals surface area (Å²) in [6, 6.07) is 5.40. The Kier molecular flexibility index (Phi) is 4.48. The van der Waals surface area contributed by atoms with Crippen LogP contribution in [0.3, 0.4) is 0 Å². The second kappa shape index (κ2) is 6.91. The predicted octanol–water partition coefficient (Wildman–Crippen LogP) is 0.780. The topological polar surface area (TPSA) is 99.8 Å². The molecule has 132 valence electrons. The highest BCUT2D eigenvalue weighted by molar-refractivity contribution is 6.08. The maximum absolute atomic E-state index is 5.33. The molecule has 0 aromatic carbocycles. The van der Waals surface area contributed by atoms with Crippen molar-refractivity contribution in [3.05, 3.63) is 17.8 Å². The zero-order valence-electron chi connectivity index (χ0n) is 14.7. The van der Waals surface area contributed by atoms with Crippen molar-refractivity contribution < 1.29 is 4.74 Å². The third-order valence-electron chi connectivity index (χ3n) is 4.99. The van der Waals surface area contributed by atoms with Crippen LogP contribution < -0.4 is 20.7 Å². The minimum atomic E-state index is 0.399. The SMILES string of the molecule is BCc1cc(Nc2cc(OC)nc(N[C@@H]3C[C@H]4CC[C@@H](C3)N4)n2)n[nH]1. The van der Waals surface area contributed by atoms with Crippen LogP contribution in [0.1, 0.15) is 31.4 Å². The second-order valence-corrected chi connectivity index (χ2v) is 6.83. The van der Waals surface area contributed by atoms with Crippen LogP contribution in [0, 0.1) is 0 Å². The minimum absolute atomic E-state index is 0.399. The first-order valence-electron chi connectivity index (χ1n) is 8.98. The largest absolute Gasteiger partial charge is 0.481 e. The molecule has 2 bridgehead atoms. The first kappa shape index (κ1) is 16.2. The van der Waals surface area contributed by atoms with Crippen LogP contribution in [0.2, 0.25) is 0 Å². The molecule has 2 aromatic heterocycles. The van der Waals surface area contributed by atoms with Crippen LogP contribution in [0.4, 0.5) is 17.6 Å². The molecule has 2 saturated heterocycles. The summed E-state index contributed by atoms with van der Waals surface area (Å²) in [5.41, 5.74) is 1.08. The van der Waals surface area contributed by atoms with Crippen molar-refractivity contribution in [1.29, 1.82) is 0 Å². The minimum Gasteiger partial charge on any atom is -0.481 e. The van der Waals surface area contributed by atoms with Gasteiger partial charge >= 0.3 is 0 Å². The van der Waals surface area contributed by atoms with E-state index in [1.807, 2.05) is 6.07 Å². The number of rotatable bonds is 6. The van der Waals surface area contributed by atoms with Crippen LogP contribution in [-0.2, 0) is 6.32 Å². The van der Waals surface area contributed by atoms with Gasteiger partial charge in [-0.15, -0.1) is 0 Å². The van der Waals surface area contributed by atoms with Crippen molar-refractivity contribution in [2.45, 2.75) is 50.1 Å². The monoisotopic (exact) mass is 341 g/mol. The summed E-state index contributed by atoms with van der Waals surface area (Å²) in [4.78, 5) is 9.04. The van der Waals surface area contributed by atoms with E-state index in [2.05, 4.69) is 44.0 Å². The van der Waals surface area contributed by atoms with Crippen molar-refractivity contribution in [2.75, 3.05) is 17.7 Å². The second-order valence-electron chi connectivity index (χ2n) is 6.83. The molecule has 4 heterocycles. The summed E-state index contributed by atoms with van der Waals surface area (Å²) >= 11 is 0. The van der Waals surface area contributed by atoms with E-state index < -0.39 is 0 Å². The summed E-state index contributed by atoms with van der Waals surface area (Å²) in [7, 11) is 3.70. The van der Waals surface area contributed by atoms with E-state index in [0.29, 0.717) is 35.8 Å². The van der Waals surface area contributed by atoms with Gasteiger partial charge in [-0.25, -0.2) is 0 Å². The molecule has 3 atom stereocenters. The van der Waals surface area contributed by atoms with Gasteiger partial charge in [0.2, 0.25) is 11.8 Å². The maximum atomic E-state index is 5.33. The van der Waals surface area contributed by atoms with Crippen molar-refractivity contribution in [2.24, 2.45) is 0 Å². The molecule has 0 aliphatic carbocycles. The zero-order valence-corrected chi connectivity index (χ0v) is 14.7. The highest BCUT2D eigenvalue weighted by Crippen LogP contribution is 2.29. The van der Waals surface area contributed by atoms with Gasteiger partial charge in [-0.05, 0) is 32.0 Å². The van der Waals surface area contributed by atoms with Gasteiger partial charge in [-0.3, -0.25) is 5.10 Å². The molecule has 25 heavy (non-hydrogen) atoms. The summed E-state index contributed by atoms with van der Waals surface area (Å²) in [6.45, 7) is 0. The number of anilines is 3. The highest BCUT2D eigenvalue weighted by Gasteiger charge is 2.33. The number of nitrogens with one attached hydrogen (secondary N) is 4. The number of methoxy groups -OCH3 is 1. The molecule has 0 spiro atoms. The van der Waals surface area contributed by atoms with Gasteiger partial charge in [0, 0.05) is 36.0 Å². The Hall–Kier alpha value is -2.29. The molecule has 2 aliphatic rings. The van der Waals surface area contributed by atoms with Crippen molar-refractivity contribution in [3.63, 3.8) is 0 Å². The Morgan fingerprint density at radius 3 is 2.68 bits per heavy atom. The molecule has 9 heteroatoms. The van der Waals surface area contributed by atoms with E-state index in [0.717, 1.165) is 30.7 Å². The summed E-state index contributed by atoms with van der Waals surface area (Å²) in [6.07, 6.45) is 5.67. The molecule has 4 rings (SSSR count). The Balaban J connectivity index is 1.49. The standard InChI is InChI=1S/C16H24BN7O/c1-25-15-7-13(20-14-6-12(8-17)23-24-14)21-16(22-15)19-11-4-9-2-3-10(5-11)18-9/h6-7,9-11,18H,2-5,8,17H2,1H3,(H3,19,20,21,22,23,24)/t9-,10+,11-. The Labute approximate surface area is 148 Å². The first-order valence-corrected chi connectivity index (χ1v) is 8.98. The lowest BCUT2D eigenvalue weighted by Gasteiger charge is -2.29. The van der Waals surface area contributed by atoms with E-state index in [-0.39, 0.29) is 0 Å². The normalized spacial score (nSPS) is 24.9. The van der Waals surface area contributed by atoms with Crippen molar-refractivity contribution in [3.8, 4) is 5.88 Å². The molecule has 0 radical (unpaired) electrons. The third kappa shape index (κ3) is 3.71. The summed E-state index contributed by atoms with van der Waals surface area (Å²) in [5.74, 6) is 2.53. The van der Waals surface area contributed by atoms with Gasteiger partial charge < -0.3 is 20.7 Å². The Morgan fingerprint density at radius 1 is 1.20 bits per heavy atom. The van der Waals surface area contributed by atoms with E-state index in [1.165, 1.54) is 12.8 Å². The lowest BCUT2D eigenvalue weighted by atomic mass is 10.0. The van der Waals surface area contributed by atoms with Crippen LogP contribution in [0.25, 0.3) is 0 Å². The summed E-state index contributed by atoms with van der Waals surface area (Å²) < 4.78 is 5.33. The van der Waals surface area contributed by atoms with Crippen molar-refractivity contribution in [1.82, 2.24) is 25.5 Å². The fourth-order valence-corrected chi connectivity index (χ4v) is 3.75. The number of nitrogens with zero attached hydrogens (tertiary/aromatic N) is 3. The van der Waals surface area contributed by atoms with Gasteiger partial charge in [-0.1, -0.05) is 0 Å². The number of hydrogen-bond donors (Lipinski definition) is 4. The molecule has 2 aromatic rings. The van der Waals surface area contributed by atoms with Crippen LogP contribution in [-0.4, -0.2) is 53.2 Å². The van der Waals surface area contributed by atoms with Crippen LogP contribution >= 0.6 is 0 Å². The van der Waals surface area contributed by atoms with Crippen LogP contribution in [0.5, 0.6) is 5.88 Å². The van der Waals surface area contributed by atoms with Gasteiger partial charge in [0.1, 0.15) is 13.7 Å². The van der Waals surface area contributed by atoms with E-state index in [9.17, 15) is 0 Å². The smallest absolute Gasteiger partial charge is 0.228 e. The molecule has 0 saturated carbocycles. The van der Waals surface area contributed by atoms with Crippen molar-refractivity contribution >= 4 is 25.4 Å². The Morgan fingerprint density at radius 2 is 2.00 bits per heavy atom. The molecule has 0 amide bonds. The maximum Gasteiger partial charge on any atom is 0.228 e. The highest BCUT2D eigenvalue weighted by atomic mass is 16.5. The van der Waals surface area contributed by atoms with Gasteiger partial charge in [0.15, 0.2) is 5.82 Å². The number of H-pyrrole nitrogens is 1. The lowest BCUT2D eigenvalue weighted by molar-refractivity contribution is 0.375. The van der Waals surface area contributed by atoms with E-state index in [1.54, 1.807) is 13.2 Å². The average Bonchev–Trinajstić information content (AvgIpc) is 3.20. The quantitative estimate of drug-likeness (QED) is 0.576. The molecular formula is C16H24BN7O. The van der Waals surface area contributed by atoms with Gasteiger partial charge in [-0.2, -0.15) is 15.1 Å². The zero-order chi connectivity index (χ0) is 17.2. The Bertz CT molecular complexity index is 725. The van der Waals surface area contributed by atoms with Crippen LogP contribution in [0.15, 0.2) is 12.1 Å². The lowest BCUT2D eigenvalue weighted by Crippen LogP contribution is -2.43. The molecule has 2 fully saturated rings. The molecule has 2 aliphatic heterocycles. The third-order valence-corrected chi connectivity index (χ3v) is 4.99. The number of hydrogen-bond acceptors (Lipinski definition) is 7. The average molecular weight is 341 g/mol. The fourth-order valence-electron chi connectivity index (χ4n) is 3.75. The number of fused-ring (bicyclic) bond motifs is 2. The molecule has 8 nitrogen and oxygen atoms in total. The molecule has 0 unspecified atom stereocenters. The molecule has 4 N–H and O–H groups in total. The summed E-state index contributed by atoms with van der Waals surface area (Å²) in [5, 5.41) is 17.6. The number of ether oxygens (including phenoxy) is 1. The molecular weight excluding hydrogens is 317 g/mol. The van der Waals surface area contributed by atoms with Gasteiger partial charge in [0.25, 0.3) is 0 Å². The number of aromatic amines is 1. The van der Waals surface area contributed by atoms with E-state index >= 15 is 0 Å². The first-order chi connectivity index (χ1) is 12.2. The van der Waals surface area contributed by atoms with Gasteiger partial charge in [0.05, 0.1) is 7.11 Å².